The van der Waals surface area contributed by atoms with Crippen molar-refractivity contribution in [1.82, 2.24) is 0 Å². The van der Waals surface area contributed by atoms with Crippen LogP contribution in [-0.2, 0) is 4.74 Å². The lowest BCUT2D eigenvalue weighted by Gasteiger charge is -2.08. The van der Waals surface area contributed by atoms with Gasteiger partial charge in [0.2, 0.25) is 0 Å². The fourth-order valence-electron chi connectivity index (χ4n) is 2.19. The molecule has 118 valence electrons. The van der Waals surface area contributed by atoms with Gasteiger partial charge < -0.3 is 10.5 Å². The van der Waals surface area contributed by atoms with E-state index in [-0.39, 0.29) is 0 Å². The predicted molar refractivity (Wildman–Crippen MR) is 88.8 cm³/mol. The lowest BCUT2D eigenvalue weighted by Crippen LogP contribution is -2.09. The maximum atomic E-state index is 11.9. The molecule has 0 radical (unpaired) electrons. The number of carbonyl (C=O) groups excluding carboxylic acids is 1. The number of esters is 1. The number of carbonyl (C=O) groups is 1. The Hall–Kier alpha value is -1.22. The smallest absolute Gasteiger partial charge is 0.340 e. The van der Waals surface area contributed by atoms with Crippen LogP contribution >= 0.6 is 11.6 Å². The Kier molecular flexibility index (Phi) is 8.91. The third-order valence-corrected chi connectivity index (χ3v) is 3.83. The summed E-state index contributed by atoms with van der Waals surface area (Å²) in [4.78, 5) is 11.9. The summed E-state index contributed by atoms with van der Waals surface area (Å²) >= 11 is 5.88. The number of nitrogen functional groups attached to an aromatic ring is 1. The lowest BCUT2D eigenvalue weighted by atomic mass is 10.1. The van der Waals surface area contributed by atoms with E-state index < -0.39 is 5.97 Å². The van der Waals surface area contributed by atoms with Crippen LogP contribution in [0.5, 0.6) is 0 Å². The monoisotopic (exact) mass is 311 g/mol. The average molecular weight is 312 g/mol. The summed E-state index contributed by atoms with van der Waals surface area (Å²) in [6.07, 6.45) is 9.74. The van der Waals surface area contributed by atoms with Crippen LogP contribution in [0.25, 0.3) is 0 Å². The maximum absolute atomic E-state index is 11.9. The summed E-state index contributed by atoms with van der Waals surface area (Å²) in [5, 5.41) is 0.386. The zero-order chi connectivity index (χ0) is 15.5. The van der Waals surface area contributed by atoms with Gasteiger partial charge in [-0.15, -0.1) is 0 Å². The van der Waals surface area contributed by atoms with Crippen molar-refractivity contribution in [2.75, 3.05) is 12.3 Å². The van der Waals surface area contributed by atoms with Crippen LogP contribution in [0.2, 0.25) is 5.02 Å². The van der Waals surface area contributed by atoms with E-state index in [0.717, 1.165) is 12.8 Å². The summed E-state index contributed by atoms with van der Waals surface area (Å²) in [6, 6.07) is 5.00. The van der Waals surface area contributed by atoms with Crippen molar-refractivity contribution < 1.29 is 9.53 Å². The number of benzene rings is 1. The summed E-state index contributed by atoms with van der Waals surface area (Å²) in [6.45, 7) is 2.67. The van der Waals surface area contributed by atoms with Gasteiger partial charge in [0.25, 0.3) is 0 Å². The van der Waals surface area contributed by atoms with Gasteiger partial charge in [-0.25, -0.2) is 4.79 Å². The maximum Gasteiger partial charge on any atom is 0.340 e. The molecular formula is C17H26ClNO2. The van der Waals surface area contributed by atoms with Gasteiger partial charge in [-0.2, -0.15) is 0 Å². The highest BCUT2D eigenvalue weighted by atomic mass is 35.5. The first-order valence-electron chi connectivity index (χ1n) is 7.88. The first kappa shape index (κ1) is 17.8. The highest BCUT2D eigenvalue weighted by Crippen LogP contribution is 2.23. The summed E-state index contributed by atoms with van der Waals surface area (Å²) in [5.74, 6) is -0.391. The molecule has 0 fully saturated rings. The highest BCUT2D eigenvalue weighted by Gasteiger charge is 2.12. The molecule has 1 rings (SSSR count). The second-order valence-electron chi connectivity index (χ2n) is 5.31. The van der Waals surface area contributed by atoms with Crippen molar-refractivity contribution in [3.63, 3.8) is 0 Å². The minimum atomic E-state index is -0.391. The number of rotatable bonds is 10. The van der Waals surface area contributed by atoms with Crippen molar-refractivity contribution in [3.8, 4) is 0 Å². The topological polar surface area (TPSA) is 52.3 Å². The number of unbranched alkanes of at least 4 members (excludes halogenated alkanes) is 7. The minimum Gasteiger partial charge on any atom is -0.462 e. The lowest BCUT2D eigenvalue weighted by molar-refractivity contribution is 0.0499. The van der Waals surface area contributed by atoms with Crippen molar-refractivity contribution in [2.45, 2.75) is 58.3 Å². The van der Waals surface area contributed by atoms with Crippen molar-refractivity contribution >= 4 is 23.3 Å². The number of para-hydroxylation sites is 1. The SMILES string of the molecule is CCCCCCCCCCOC(=O)c1cccc(Cl)c1N. The number of ether oxygens (including phenoxy) is 1. The normalized spacial score (nSPS) is 10.6. The third kappa shape index (κ3) is 6.85. The van der Waals surface area contributed by atoms with Crippen LogP contribution < -0.4 is 5.73 Å². The van der Waals surface area contributed by atoms with Gasteiger partial charge in [-0.3, -0.25) is 0 Å². The minimum absolute atomic E-state index is 0.292. The number of anilines is 1. The molecule has 0 aliphatic heterocycles. The number of halogens is 1. The number of hydrogen-bond donors (Lipinski definition) is 1. The fraction of sp³-hybridized carbons (Fsp3) is 0.588. The zero-order valence-corrected chi connectivity index (χ0v) is 13.6. The van der Waals surface area contributed by atoms with Gasteiger partial charge in [-0.1, -0.05) is 69.5 Å². The standard InChI is InChI=1S/C17H26ClNO2/c1-2-3-4-5-6-7-8-9-13-21-17(20)14-11-10-12-15(18)16(14)19/h10-12H,2-9,13,19H2,1H3. The van der Waals surface area contributed by atoms with Gasteiger partial charge in [0.15, 0.2) is 0 Å². The Morgan fingerprint density at radius 3 is 2.38 bits per heavy atom. The molecule has 2 N–H and O–H groups in total. The molecule has 0 heterocycles. The molecule has 0 aliphatic rings. The number of nitrogens with two attached hydrogens (primary N) is 1. The first-order chi connectivity index (χ1) is 10.2. The Morgan fingerprint density at radius 1 is 1.10 bits per heavy atom. The van der Waals surface area contributed by atoms with Crippen molar-refractivity contribution in [3.05, 3.63) is 28.8 Å². The van der Waals surface area contributed by atoms with Gasteiger partial charge in [0, 0.05) is 0 Å². The Bertz CT molecular complexity index is 435. The van der Waals surface area contributed by atoms with Gasteiger partial charge in [0.1, 0.15) is 0 Å². The van der Waals surface area contributed by atoms with Crippen molar-refractivity contribution in [2.24, 2.45) is 0 Å². The zero-order valence-electron chi connectivity index (χ0n) is 12.9. The Labute approximate surface area is 132 Å². The van der Waals surface area contributed by atoms with E-state index in [9.17, 15) is 4.79 Å². The number of hydrogen-bond acceptors (Lipinski definition) is 3. The van der Waals surface area contributed by atoms with Gasteiger partial charge in [0.05, 0.1) is 22.9 Å². The molecule has 0 atom stereocenters. The first-order valence-corrected chi connectivity index (χ1v) is 8.25. The summed E-state index contributed by atoms with van der Waals surface area (Å²) < 4.78 is 5.23. The Morgan fingerprint density at radius 2 is 1.71 bits per heavy atom. The van der Waals surface area contributed by atoms with Crippen LogP contribution in [0, 0.1) is 0 Å². The van der Waals surface area contributed by atoms with Crippen LogP contribution in [-0.4, -0.2) is 12.6 Å². The molecular weight excluding hydrogens is 286 g/mol. The van der Waals surface area contributed by atoms with Crippen LogP contribution in [0.3, 0.4) is 0 Å². The average Bonchev–Trinajstić information content (AvgIpc) is 2.48. The molecule has 0 amide bonds. The summed E-state index contributed by atoms with van der Waals surface area (Å²) in [7, 11) is 0. The van der Waals surface area contributed by atoms with E-state index >= 15 is 0 Å². The second-order valence-corrected chi connectivity index (χ2v) is 5.72. The molecule has 0 spiro atoms. The van der Waals surface area contributed by atoms with Gasteiger partial charge >= 0.3 is 5.97 Å². The van der Waals surface area contributed by atoms with Gasteiger partial charge in [-0.05, 0) is 18.6 Å². The molecule has 1 aromatic rings. The molecule has 0 bridgehead atoms. The van der Waals surface area contributed by atoms with E-state index in [1.807, 2.05) is 0 Å². The third-order valence-electron chi connectivity index (χ3n) is 3.50. The molecule has 21 heavy (non-hydrogen) atoms. The highest BCUT2D eigenvalue weighted by molar-refractivity contribution is 6.33. The van der Waals surface area contributed by atoms with E-state index in [0.29, 0.717) is 22.9 Å². The Balaban J connectivity index is 2.13. The van der Waals surface area contributed by atoms with E-state index in [4.69, 9.17) is 22.1 Å². The predicted octanol–water partition coefficient (Wildman–Crippen LogP) is 5.22. The largest absolute Gasteiger partial charge is 0.462 e. The molecule has 0 saturated heterocycles. The van der Waals surface area contributed by atoms with Crippen LogP contribution in [0.4, 0.5) is 5.69 Å². The molecule has 3 nitrogen and oxygen atoms in total. The quantitative estimate of drug-likeness (QED) is 0.366. The molecule has 1 aromatic carbocycles. The molecule has 0 saturated carbocycles. The molecule has 0 aliphatic carbocycles. The van der Waals surface area contributed by atoms with Crippen molar-refractivity contribution in [1.29, 1.82) is 0 Å². The van der Waals surface area contributed by atoms with E-state index in [1.165, 1.54) is 38.5 Å². The van der Waals surface area contributed by atoms with Crippen LogP contribution in [0.1, 0.15) is 68.6 Å². The molecule has 0 aromatic heterocycles. The summed E-state index contributed by atoms with van der Waals surface area (Å²) in [5.41, 5.74) is 6.40. The fourth-order valence-corrected chi connectivity index (χ4v) is 2.37. The second kappa shape index (κ2) is 10.5. The molecule has 4 heteroatoms. The van der Waals surface area contributed by atoms with Crippen LogP contribution in [0.15, 0.2) is 18.2 Å². The van der Waals surface area contributed by atoms with E-state index in [1.54, 1.807) is 18.2 Å². The molecule has 0 unspecified atom stereocenters. The van der Waals surface area contributed by atoms with E-state index in [2.05, 4.69) is 6.92 Å².